The number of aliphatic hydroxyl groups is 2. The molecule has 9 fully saturated rings. The molecule has 9 aliphatic rings. The molecule has 2 N–H and O–H groups in total. The summed E-state index contributed by atoms with van der Waals surface area (Å²) < 4.78 is 0. The van der Waals surface area contributed by atoms with E-state index in [9.17, 15) is 10.2 Å². The zero-order valence-electron chi connectivity index (χ0n) is 13.9. The average Bonchev–Trinajstić information content (AvgIpc) is 2.93. The van der Waals surface area contributed by atoms with Crippen LogP contribution in [0.15, 0.2) is 12.2 Å². The number of piperidine rings is 2. The first-order chi connectivity index (χ1) is 11.0. The Hall–Kier alpha value is -0.380. The largest absolute Gasteiger partial charge is 0.392 e. The van der Waals surface area contributed by atoms with Crippen LogP contribution in [0.1, 0.15) is 39.0 Å². The van der Waals surface area contributed by atoms with E-state index in [2.05, 4.69) is 18.4 Å². The highest BCUT2D eigenvalue weighted by Gasteiger charge is 2.89. The second-order valence-corrected chi connectivity index (χ2v) is 10.5. The predicted molar refractivity (Wildman–Crippen MR) is 85.5 cm³/mol. The summed E-state index contributed by atoms with van der Waals surface area (Å²) in [6, 6.07) is 1.34. The molecule has 6 saturated carbocycles. The van der Waals surface area contributed by atoms with Crippen LogP contribution in [0.3, 0.4) is 0 Å². The molecule has 3 saturated heterocycles. The van der Waals surface area contributed by atoms with Gasteiger partial charge in [0.15, 0.2) is 0 Å². The average molecular weight is 313 g/mol. The summed E-state index contributed by atoms with van der Waals surface area (Å²) in [5, 5.41) is 22.6. The maximum Gasteiger partial charge on any atom is 0.0815 e. The van der Waals surface area contributed by atoms with Crippen LogP contribution in [-0.4, -0.2) is 45.9 Å². The lowest BCUT2D eigenvalue weighted by atomic mass is 9.39. The van der Waals surface area contributed by atoms with Gasteiger partial charge in [-0.15, -0.1) is 0 Å². The van der Waals surface area contributed by atoms with Crippen molar-refractivity contribution in [3.05, 3.63) is 12.2 Å². The van der Waals surface area contributed by atoms with Crippen molar-refractivity contribution in [2.24, 2.45) is 39.9 Å². The van der Waals surface area contributed by atoms with E-state index in [-0.39, 0.29) is 23.5 Å². The molecular formula is C20H27NO2. The van der Waals surface area contributed by atoms with E-state index in [4.69, 9.17) is 0 Å². The summed E-state index contributed by atoms with van der Waals surface area (Å²) in [5.41, 5.74) is 1.72. The van der Waals surface area contributed by atoms with Crippen molar-refractivity contribution in [3.63, 3.8) is 0 Å². The molecule has 3 heteroatoms. The second-order valence-electron chi connectivity index (χ2n) is 10.5. The van der Waals surface area contributed by atoms with Crippen LogP contribution < -0.4 is 0 Å². The van der Waals surface area contributed by atoms with E-state index in [1.807, 2.05) is 0 Å². The fourth-order valence-corrected chi connectivity index (χ4v) is 10.5. The van der Waals surface area contributed by atoms with Crippen LogP contribution in [-0.2, 0) is 0 Å². The topological polar surface area (TPSA) is 43.7 Å². The molecule has 3 heterocycles. The number of aliphatic hydroxyl groups excluding tert-OH is 2. The third kappa shape index (κ3) is 0.910. The molecule has 0 aromatic rings. The third-order valence-electron chi connectivity index (χ3n) is 10.3. The van der Waals surface area contributed by atoms with Gasteiger partial charge in [0.1, 0.15) is 0 Å². The first kappa shape index (κ1) is 12.9. The number of fused-ring (bicyclic) bond motifs is 1. The highest BCUT2D eigenvalue weighted by Crippen LogP contribution is 2.86. The van der Waals surface area contributed by atoms with E-state index in [0.717, 1.165) is 24.3 Å². The molecule has 6 aliphatic carbocycles. The summed E-state index contributed by atoms with van der Waals surface area (Å²) in [5.74, 6) is 1.90. The molecule has 12 atom stereocenters. The summed E-state index contributed by atoms with van der Waals surface area (Å²) in [7, 11) is 0. The van der Waals surface area contributed by atoms with Gasteiger partial charge < -0.3 is 10.2 Å². The smallest absolute Gasteiger partial charge is 0.0815 e. The lowest BCUT2D eigenvalue weighted by Gasteiger charge is -2.66. The Kier molecular flexibility index (Phi) is 1.79. The molecule has 0 amide bonds. The molecule has 1 unspecified atom stereocenters. The Morgan fingerprint density at radius 1 is 1.17 bits per heavy atom. The maximum absolute atomic E-state index is 11.3. The van der Waals surface area contributed by atoms with Crippen molar-refractivity contribution in [3.8, 4) is 0 Å². The fourth-order valence-electron chi connectivity index (χ4n) is 10.5. The van der Waals surface area contributed by atoms with Crippen LogP contribution in [0.2, 0.25) is 0 Å². The molecule has 3 aliphatic heterocycles. The first-order valence-electron chi connectivity index (χ1n) is 9.77. The molecule has 0 radical (unpaired) electrons. The monoisotopic (exact) mass is 313 g/mol. The standard InChI is InChI=1S/C20H27NO2/c1-9-10-6-11-16-19-5-3-4-18(2)8-21(16)12(14(18)19)7-20(11,17(9)23)15(19)13(10)22/h10-17,22-23H,1,3-8H2,2H3/t10-,11-,12+,13+,14-,15+,16-,17-,18+,19+,20-/m1/s1. The lowest BCUT2D eigenvalue weighted by molar-refractivity contribution is -0.213. The van der Waals surface area contributed by atoms with Crippen molar-refractivity contribution in [2.45, 2.75) is 63.3 Å². The van der Waals surface area contributed by atoms with Crippen LogP contribution >= 0.6 is 0 Å². The van der Waals surface area contributed by atoms with Crippen molar-refractivity contribution >= 4 is 0 Å². The summed E-state index contributed by atoms with van der Waals surface area (Å²) >= 11 is 0. The van der Waals surface area contributed by atoms with Crippen LogP contribution in [0.5, 0.6) is 0 Å². The molecule has 0 aromatic carbocycles. The van der Waals surface area contributed by atoms with E-state index >= 15 is 0 Å². The summed E-state index contributed by atoms with van der Waals surface area (Å²) in [6.45, 7) is 8.04. The molecule has 2 spiro atoms. The summed E-state index contributed by atoms with van der Waals surface area (Å²) in [4.78, 5) is 2.88. The van der Waals surface area contributed by atoms with E-state index in [1.165, 1.54) is 25.8 Å². The predicted octanol–water partition coefficient (Wildman–Crippen LogP) is 1.79. The van der Waals surface area contributed by atoms with Gasteiger partial charge in [0.05, 0.1) is 12.2 Å². The van der Waals surface area contributed by atoms with Crippen LogP contribution in [0.25, 0.3) is 0 Å². The minimum atomic E-state index is -0.349. The molecule has 0 aromatic heterocycles. The zero-order valence-corrected chi connectivity index (χ0v) is 13.9. The Balaban J connectivity index is 1.55. The van der Waals surface area contributed by atoms with Crippen molar-refractivity contribution in [1.29, 1.82) is 0 Å². The Labute approximate surface area is 137 Å². The minimum Gasteiger partial charge on any atom is -0.392 e. The highest BCUT2D eigenvalue weighted by atomic mass is 16.3. The van der Waals surface area contributed by atoms with E-state index in [0.29, 0.717) is 34.7 Å². The Morgan fingerprint density at radius 3 is 2.83 bits per heavy atom. The quantitative estimate of drug-likeness (QED) is 0.670. The van der Waals surface area contributed by atoms with Crippen LogP contribution in [0.4, 0.5) is 0 Å². The number of hydrogen-bond acceptors (Lipinski definition) is 3. The second kappa shape index (κ2) is 3.20. The molecule has 124 valence electrons. The Bertz CT molecular complexity index is 677. The number of rotatable bonds is 0. The lowest BCUT2D eigenvalue weighted by Crippen LogP contribution is -2.68. The third-order valence-corrected chi connectivity index (χ3v) is 10.3. The molecule has 9 rings (SSSR count). The van der Waals surface area contributed by atoms with Gasteiger partial charge >= 0.3 is 0 Å². The van der Waals surface area contributed by atoms with Gasteiger partial charge in [0.2, 0.25) is 0 Å². The van der Waals surface area contributed by atoms with Crippen LogP contribution in [0, 0.1) is 39.9 Å². The van der Waals surface area contributed by atoms with Gasteiger partial charge in [-0.1, -0.05) is 19.9 Å². The van der Waals surface area contributed by atoms with Crippen molar-refractivity contribution < 1.29 is 10.2 Å². The Morgan fingerprint density at radius 2 is 2.00 bits per heavy atom. The van der Waals surface area contributed by atoms with Crippen molar-refractivity contribution in [2.75, 3.05) is 6.54 Å². The van der Waals surface area contributed by atoms with Gasteiger partial charge in [0.25, 0.3) is 0 Å². The molecular weight excluding hydrogens is 286 g/mol. The van der Waals surface area contributed by atoms with Gasteiger partial charge in [-0.2, -0.15) is 0 Å². The van der Waals surface area contributed by atoms with E-state index in [1.54, 1.807) is 0 Å². The first-order valence-corrected chi connectivity index (χ1v) is 9.77. The van der Waals surface area contributed by atoms with Gasteiger partial charge in [-0.3, -0.25) is 4.90 Å². The molecule has 23 heavy (non-hydrogen) atoms. The normalized spacial score (nSPS) is 75.6. The van der Waals surface area contributed by atoms with Gasteiger partial charge in [-0.25, -0.2) is 0 Å². The zero-order chi connectivity index (χ0) is 15.5. The van der Waals surface area contributed by atoms with Crippen molar-refractivity contribution in [1.82, 2.24) is 4.90 Å². The summed E-state index contributed by atoms with van der Waals surface area (Å²) in [6.07, 6.45) is 5.64. The van der Waals surface area contributed by atoms with Gasteiger partial charge in [-0.05, 0) is 53.9 Å². The van der Waals surface area contributed by atoms with E-state index < -0.39 is 0 Å². The highest BCUT2D eigenvalue weighted by molar-refractivity contribution is 5.43. The maximum atomic E-state index is 11.3. The number of nitrogens with zero attached hydrogens (tertiary/aromatic N) is 1. The SMILES string of the molecule is C=C1[C@H]2C[C@@H]3[C@H]4N5C[C@]6(C)CCC[C@]47[C@H]([C@H]2O)[C@]3(C[C@H]5[C@H]67)[C@@H]1O. The fraction of sp³-hybridized carbons (Fsp3) is 0.900. The molecule has 3 nitrogen and oxygen atoms in total. The number of hydrogen-bond donors (Lipinski definition) is 2. The molecule has 9 bridgehead atoms. The van der Waals surface area contributed by atoms with Gasteiger partial charge in [0, 0.05) is 35.9 Å². The minimum absolute atomic E-state index is 0.0316.